The molecule has 0 aliphatic heterocycles. The highest BCUT2D eigenvalue weighted by Crippen LogP contribution is 2.06. The number of hydrogen-bond acceptors (Lipinski definition) is 4. The predicted octanol–water partition coefficient (Wildman–Crippen LogP) is 1.61. The van der Waals surface area contributed by atoms with Crippen LogP contribution in [0.1, 0.15) is 16.2 Å². The van der Waals surface area contributed by atoms with E-state index in [9.17, 15) is 9.18 Å². The van der Waals surface area contributed by atoms with Crippen molar-refractivity contribution in [3.8, 4) is 0 Å². The lowest BCUT2D eigenvalue weighted by Gasteiger charge is -2.11. The zero-order valence-electron chi connectivity index (χ0n) is 11.3. The molecule has 0 bridgehead atoms. The summed E-state index contributed by atoms with van der Waals surface area (Å²) in [6.45, 7) is 0.220. The van der Waals surface area contributed by atoms with Gasteiger partial charge in [0.15, 0.2) is 0 Å². The van der Waals surface area contributed by atoms with Gasteiger partial charge in [0.2, 0.25) is 0 Å². The average Bonchev–Trinajstić information content (AvgIpc) is 2.46. The Hall–Kier alpha value is -2.50. The van der Waals surface area contributed by atoms with Gasteiger partial charge in [0.1, 0.15) is 17.5 Å². The summed E-state index contributed by atoms with van der Waals surface area (Å²) in [5.74, 6) is 0.630. The molecular weight excluding hydrogens is 259 g/mol. The molecule has 1 aromatic carbocycles. The summed E-state index contributed by atoms with van der Waals surface area (Å²) in [6, 6.07) is 7.14. The summed E-state index contributed by atoms with van der Waals surface area (Å²) >= 11 is 0. The van der Waals surface area contributed by atoms with Crippen LogP contribution in [0.3, 0.4) is 0 Å². The molecule has 6 heteroatoms. The zero-order valence-corrected chi connectivity index (χ0v) is 11.3. The molecule has 0 fully saturated rings. The SMILES string of the molecule is CN(C)c1ccnc(CNC(=O)c2ccc(F)cc2)n1. The maximum Gasteiger partial charge on any atom is 0.251 e. The molecule has 0 aliphatic rings. The number of carbonyl (C=O) groups is 1. The number of hydrogen-bond donors (Lipinski definition) is 1. The summed E-state index contributed by atoms with van der Waals surface area (Å²) in [4.78, 5) is 22.1. The van der Waals surface area contributed by atoms with Crippen molar-refractivity contribution >= 4 is 11.7 Å². The first-order chi connectivity index (χ1) is 9.56. The number of anilines is 1. The van der Waals surface area contributed by atoms with E-state index in [1.807, 2.05) is 19.0 Å². The fourth-order valence-corrected chi connectivity index (χ4v) is 1.59. The van der Waals surface area contributed by atoms with Crippen LogP contribution < -0.4 is 10.2 Å². The van der Waals surface area contributed by atoms with Crippen LogP contribution in [-0.4, -0.2) is 30.0 Å². The standard InChI is InChI=1S/C14H15FN4O/c1-19(2)13-7-8-16-12(18-13)9-17-14(20)10-3-5-11(15)6-4-10/h3-8H,9H2,1-2H3,(H,17,20). The van der Waals surface area contributed by atoms with Crippen LogP contribution in [0.2, 0.25) is 0 Å². The second kappa shape index (κ2) is 6.10. The number of halogens is 1. The largest absolute Gasteiger partial charge is 0.363 e. The molecule has 1 aromatic heterocycles. The molecule has 1 heterocycles. The van der Waals surface area contributed by atoms with Crippen LogP contribution in [0.15, 0.2) is 36.5 Å². The third-order valence-corrected chi connectivity index (χ3v) is 2.66. The van der Waals surface area contributed by atoms with Gasteiger partial charge in [0.05, 0.1) is 6.54 Å². The topological polar surface area (TPSA) is 58.1 Å². The van der Waals surface area contributed by atoms with Crippen molar-refractivity contribution in [2.45, 2.75) is 6.54 Å². The van der Waals surface area contributed by atoms with Gasteiger partial charge in [-0.1, -0.05) is 0 Å². The molecule has 0 saturated heterocycles. The first-order valence-corrected chi connectivity index (χ1v) is 6.09. The Morgan fingerprint density at radius 1 is 1.25 bits per heavy atom. The third-order valence-electron chi connectivity index (χ3n) is 2.66. The maximum absolute atomic E-state index is 12.8. The third kappa shape index (κ3) is 3.50. The molecule has 2 rings (SSSR count). The van der Waals surface area contributed by atoms with Crippen molar-refractivity contribution in [3.05, 3.63) is 53.7 Å². The van der Waals surface area contributed by atoms with Gasteiger partial charge in [-0.15, -0.1) is 0 Å². The van der Waals surface area contributed by atoms with Gasteiger partial charge in [0, 0.05) is 25.9 Å². The van der Waals surface area contributed by atoms with Gasteiger partial charge in [-0.3, -0.25) is 4.79 Å². The number of carbonyl (C=O) groups excluding carboxylic acids is 1. The summed E-state index contributed by atoms with van der Waals surface area (Å²) in [5, 5.41) is 2.70. The van der Waals surface area contributed by atoms with Crippen LogP contribution >= 0.6 is 0 Å². The van der Waals surface area contributed by atoms with Crippen LogP contribution in [0.25, 0.3) is 0 Å². The van der Waals surface area contributed by atoms with E-state index in [1.54, 1.807) is 12.3 Å². The summed E-state index contributed by atoms with van der Waals surface area (Å²) in [5.41, 5.74) is 0.398. The van der Waals surface area contributed by atoms with Crippen LogP contribution in [0.4, 0.5) is 10.2 Å². The molecule has 0 saturated carbocycles. The normalized spacial score (nSPS) is 10.2. The Morgan fingerprint density at radius 2 is 1.95 bits per heavy atom. The highest BCUT2D eigenvalue weighted by Gasteiger charge is 2.07. The van der Waals surface area contributed by atoms with Crippen molar-refractivity contribution in [1.29, 1.82) is 0 Å². The van der Waals surface area contributed by atoms with Crippen LogP contribution in [-0.2, 0) is 6.54 Å². The lowest BCUT2D eigenvalue weighted by atomic mass is 10.2. The quantitative estimate of drug-likeness (QED) is 0.920. The van der Waals surface area contributed by atoms with Crippen LogP contribution in [0.5, 0.6) is 0 Å². The fourth-order valence-electron chi connectivity index (χ4n) is 1.59. The molecule has 0 radical (unpaired) electrons. The monoisotopic (exact) mass is 274 g/mol. The Morgan fingerprint density at radius 3 is 2.60 bits per heavy atom. The number of nitrogens with one attached hydrogen (secondary N) is 1. The Labute approximate surface area is 116 Å². The minimum Gasteiger partial charge on any atom is -0.363 e. The van der Waals surface area contributed by atoms with Crippen molar-refractivity contribution < 1.29 is 9.18 Å². The molecule has 0 spiro atoms. The Bertz CT molecular complexity index is 598. The average molecular weight is 274 g/mol. The first-order valence-electron chi connectivity index (χ1n) is 6.09. The van der Waals surface area contributed by atoms with E-state index in [0.717, 1.165) is 5.82 Å². The molecular formula is C14H15FN4O. The van der Waals surface area contributed by atoms with E-state index in [4.69, 9.17) is 0 Å². The Balaban J connectivity index is 1.99. The first kappa shape index (κ1) is 13.9. The number of amides is 1. The fraction of sp³-hybridized carbons (Fsp3) is 0.214. The van der Waals surface area contributed by atoms with E-state index in [2.05, 4.69) is 15.3 Å². The van der Waals surface area contributed by atoms with Gasteiger partial charge in [-0.2, -0.15) is 0 Å². The summed E-state index contributed by atoms with van der Waals surface area (Å²) in [7, 11) is 3.76. The molecule has 1 N–H and O–H groups in total. The van der Waals surface area contributed by atoms with Crippen molar-refractivity contribution in [2.24, 2.45) is 0 Å². The van der Waals surface area contributed by atoms with Crippen LogP contribution in [0, 0.1) is 5.82 Å². The van der Waals surface area contributed by atoms with Gasteiger partial charge < -0.3 is 10.2 Å². The van der Waals surface area contributed by atoms with E-state index in [0.29, 0.717) is 11.4 Å². The highest BCUT2D eigenvalue weighted by atomic mass is 19.1. The van der Waals surface area contributed by atoms with E-state index in [1.165, 1.54) is 24.3 Å². The van der Waals surface area contributed by atoms with Gasteiger partial charge in [-0.05, 0) is 30.3 Å². The van der Waals surface area contributed by atoms with E-state index >= 15 is 0 Å². The number of benzene rings is 1. The van der Waals surface area contributed by atoms with Crippen molar-refractivity contribution in [2.75, 3.05) is 19.0 Å². The lowest BCUT2D eigenvalue weighted by Crippen LogP contribution is -2.24. The minimum atomic E-state index is -0.372. The number of rotatable bonds is 4. The van der Waals surface area contributed by atoms with Gasteiger partial charge in [0.25, 0.3) is 5.91 Å². The summed E-state index contributed by atoms with van der Waals surface area (Å²) in [6.07, 6.45) is 1.64. The molecule has 0 atom stereocenters. The van der Waals surface area contributed by atoms with Crippen molar-refractivity contribution in [1.82, 2.24) is 15.3 Å². The second-order valence-electron chi connectivity index (χ2n) is 4.42. The zero-order chi connectivity index (χ0) is 14.5. The molecule has 0 unspecified atom stereocenters. The highest BCUT2D eigenvalue weighted by molar-refractivity contribution is 5.94. The Kier molecular flexibility index (Phi) is 4.24. The summed E-state index contributed by atoms with van der Waals surface area (Å²) < 4.78 is 12.8. The number of aromatic nitrogens is 2. The smallest absolute Gasteiger partial charge is 0.251 e. The predicted molar refractivity (Wildman–Crippen MR) is 73.9 cm³/mol. The molecule has 104 valence electrons. The molecule has 20 heavy (non-hydrogen) atoms. The molecule has 5 nitrogen and oxygen atoms in total. The minimum absolute atomic E-state index is 0.220. The number of nitrogens with zero attached hydrogens (tertiary/aromatic N) is 3. The van der Waals surface area contributed by atoms with Gasteiger partial charge >= 0.3 is 0 Å². The van der Waals surface area contributed by atoms with E-state index < -0.39 is 0 Å². The van der Waals surface area contributed by atoms with Gasteiger partial charge in [-0.25, -0.2) is 14.4 Å². The maximum atomic E-state index is 12.8. The lowest BCUT2D eigenvalue weighted by molar-refractivity contribution is 0.0950. The molecule has 0 aliphatic carbocycles. The second-order valence-corrected chi connectivity index (χ2v) is 4.42. The van der Waals surface area contributed by atoms with Crippen molar-refractivity contribution in [3.63, 3.8) is 0 Å². The molecule has 2 aromatic rings. The molecule has 1 amide bonds. The van der Waals surface area contributed by atoms with E-state index in [-0.39, 0.29) is 18.3 Å².